The van der Waals surface area contributed by atoms with E-state index in [0.717, 1.165) is 44.8 Å². The summed E-state index contributed by atoms with van der Waals surface area (Å²) in [5.41, 5.74) is 0. The molecule has 0 spiro atoms. The molecule has 0 aromatic heterocycles. The monoisotopic (exact) mass is 289 g/mol. The summed E-state index contributed by atoms with van der Waals surface area (Å²) < 4.78 is 0. The quantitative estimate of drug-likeness (QED) is 0.819. The van der Waals surface area contributed by atoms with E-state index in [1.54, 1.807) is 0 Å². The first-order chi connectivity index (χ1) is 8.75. The van der Waals surface area contributed by atoms with Crippen LogP contribution in [0.25, 0.3) is 0 Å². The fourth-order valence-corrected chi connectivity index (χ4v) is 2.98. The highest BCUT2D eigenvalue weighted by molar-refractivity contribution is 5.85. The normalized spacial score (nSPS) is 22.8. The van der Waals surface area contributed by atoms with Gasteiger partial charge in [-0.3, -0.25) is 4.79 Å². The predicted molar refractivity (Wildman–Crippen MR) is 80.7 cm³/mol. The van der Waals surface area contributed by atoms with Crippen molar-refractivity contribution in [3.05, 3.63) is 0 Å². The van der Waals surface area contributed by atoms with Gasteiger partial charge >= 0.3 is 0 Å². The molecule has 0 bridgehead atoms. The van der Waals surface area contributed by atoms with Gasteiger partial charge in [-0.05, 0) is 71.2 Å². The molecule has 4 nitrogen and oxygen atoms in total. The van der Waals surface area contributed by atoms with Crippen molar-refractivity contribution in [1.29, 1.82) is 0 Å². The van der Waals surface area contributed by atoms with Crippen molar-refractivity contribution in [2.45, 2.75) is 32.1 Å². The average Bonchev–Trinajstić information content (AvgIpc) is 2.42. The number of carbonyl (C=O) groups is 1. The largest absolute Gasteiger partial charge is 0.356 e. The Labute approximate surface area is 123 Å². The van der Waals surface area contributed by atoms with Crippen LogP contribution >= 0.6 is 12.4 Å². The summed E-state index contributed by atoms with van der Waals surface area (Å²) in [6, 6.07) is 0. The molecule has 0 aliphatic carbocycles. The Bertz CT molecular complexity index is 261. The van der Waals surface area contributed by atoms with E-state index in [1.807, 2.05) is 0 Å². The molecule has 19 heavy (non-hydrogen) atoms. The molecule has 0 atom stereocenters. The second-order valence-corrected chi connectivity index (χ2v) is 5.85. The van der Waals surface area contributed by atoms with Crippen molar-refractivity contribution >= 4 is 18.3 Å². The molecule has 0 unspecified atom stereocenters. The predicted octanol–water partition coefficient (Wildman–Crippen LogP) is 1.26. The van der Waals surface area contributed by atoms with Gasteiger partial charge in [0, 0.05) is 12.5 Å². The molecule has 2 saturated heterocycles. The Hall–Kier alpha value is -0.320. The second-order valence-electron chi connectivity index (χ2n) is 5.85. The molecule has 2 N–H and O–H groups in total. The van der Waals surface area contributed by atoms with E-state index in [2.05, 4.69) is 22.6 Å². The maximum Gasteiger partial charge on any atom is 0.223 e. The van der Waals surface area contributed by atoms with E-state index in [1.165, 1.54) is 25.9 Å². The topological polar surface area (TPSA) is 44.4 Å². The Kier molecular flexibility index (Phi) is 7.73. The third-order valence-electron chi connectivity index (χ3n) is 4.40. The number of carbonyl (C=O) groups excluding carboxylic acids is 1. The molecule has 0 saturated carbocycles. The van der Waals surface area contributed by atoms with Crippen LogP contribution in [0.15, 0.2) is 0 Å². The first-order valence-corrected chi connectivity index (χ1v) is 7.42. The van der Waals surface area contributed by atoms with Gasteiger partial charge in [-0.2, -0.15) is 0 Å². The highest BCUT2D eigenvalue weighted by atomic mass is 35.5. The Morgan fingerprint density at radius 1 is 1.21 bits per heavy atom. The third-order valence-corrected chi connectivity index (χ3v) is 4.40. The molecule has 2 heterocycles. The lowest BCUT2D eigenvalue weighted by Crippen LogP contribution is -2.39. The van der Waals surface area contributed by atoms with Crippen LogP contribution in [-0.2, 0) is 4.79 Å². The number of likely N-dealkylation sites (tertiary alicyclic amines) is 1. The third kappa shape index (κ3) is 5.67. The first-order valence-electron chi connectivity index (χ1n) is 7.42. The van der Waals surface area contributed by atoms with Gasteiger partial charge in [-0.25, -0.2) is 0 Å². The van der Waals surface area contributed by atoms with Crippen LogP contribution in [0.1, 0.15) is 32.1 Å². The van der Waals surface area contributed by atoms with Crippen molar-refractivity contribution in [3.63, 3.8) is 0 Å². The summed E-state index contributed by atoms with van der Waals surface area (Å²) in [5, 5.41) is 6.43. The molecule has 5 heteroatoms. The van der Waals surface area contributed by atoms with Crippen LogP contribution in [0.2, 0.25) is 0 Å². The van der Waals surface area contributed by atoms with Gasteiger partial charge in [0.15, 0.2) is 0 Å². The minimum absolute atomic E-state index is 0. The average molecular weight is 290 g/mol. The lowest BCUT2D eigenvalue weighted by Gasteiger charge is -2.29. The Morgan fingerprint density at radius 3 is 2.47 bits per heavy atom. The summed E-state index contributed by atoms with van der Waals surface area (Å²) in [5.74, 6) is 1.35. The van der Waals surface area contributed by atoms with Gasteiger partial charge in [0.05, 0.1) is 0 Å². The molecule has 2 aliphatic heterocycles. The van der Waals surface area contributed by atoms with E-state index in [-0.39, 0.29) is 24.2 Å². The number of nitrogens with one attached hydrogen (secondary N) is 2. The van der Waals surface area contributed by atoms with Crippen LogP contribution in [0.4, 0.5) is 0 Å². The SMILES string of the molecule is CN1CCC(CCNC(=O)C2CCNCC2)CC1.Cl. The van der Waals surface area contributed by atoms with E-state index in [9.17, 15) is 4.79 Å². The van der Waals surface area contributed by atoms with E-state index >= 15 is 0 Å². The van der Waals surface area contributed by atoms with Crippen molar-refractivity contribution in [2.24, 2.45) is 11.8 Å². The lowest BCUT2D eigenvalue weighted by atomic mass is 9.93. The zero-order valence-electron chi connectivity index (χ0n) is 12.0. The van der Waals surface area contributed by atoms with Gasteiger partial charge in [0.25, 0.3) is 0 Å². The fourth-order valence-electron chi connectivity index (χ4n) is 2.98. The molecule has 0 aromatic carbocycles. The number of hydrogen-bond donors (Lipinski definition) is 2. The summed E-state index contributed by atoms with van der Waals surface area (Å²) in [7, 11) is 2.19. The highest BCUT2D eigenvalue weighted by Crippen LogP contribution is 2.19. The van der Waals surface area contributed by atoms with Gasteiger partial charge in [0.1, 0.15) is 0 Å². The van der Waals surface area contributed by atoms with Crippen molar-refractivity contribution in [2.75, 3.05) is 39.8 Å². The second kappa shape index (κ2) is 8.77. The zero-order chi connectivity index (χ0) is 12.8. The molecule has 112 valence electrons. The minimum atomic E-state index is 0. The molecular formula is C14H28ClN3O. The standard InChI is InChI=1S/C14H27N3O.ClH/c1-17-10-5-12(6-11-17)2-9-16-14(18)13-3-7-15-8-4-13;/h12-13,15H,2-11H2,1H3,(H,16,18);1H. The highest BCUT2D eigenvalue weighted by Gasteiger charge is 2.21. The molecule has 2 fully saturated rings. The summed E-state index contributed by atoms with van der Waals surface area (Å²) >= 11 is 0. The van der Waals surface area contributed by atoms with Gasteiger partial charge in [0.2, 0.25) is 5.91 Å². The van der Waals surface area contributed by atoms with Crippen molar-refractivity contribution in [3.8, 4) is 0 Å². The van der Waals surface area contributed by atoms with E-state index < -0.39 is 0 Å². The van der Waals surface area contributed by atoms with Crippen LogP contribution in [0.5, 0.6) is 0 Å². The van der Waals surface area contributed by atoms with Crippen LogP contribution in [0, 0.1) is 11.8 Å². The molecular weight excluding hydrogens is 262 g/mol. The lowest BCUT2D eigenvalue weighted by molar-refractivity contribution is -0.125. The Balaban J connectivity index is 0.00000180. The Morgan fingerprint density at radius 2 is 1.84 bits per heavy atom. The van der Waals surface area contributed by atoms with Crippen LogP contribution in [0.3, 0.4) is 0 Å². The molecule has 1 amide bonds. The number of amides is 1. The van der Waals surface area contributed by atoms with E-state index in [4.69, 9.17) is 0 Å². The summed E-state index contributed by atoms with van der Waals surface area (Å²) in [6.45, 7) is 5.29. The number of hydrogen-bond acceptors (Lipinski definition) is 3. The molecule has 0 radical (unpaired) electrons. The number of halogens is 1. The molecule has 2 rings (SSSR count). The maximum atomic E-state index is 11.9. The smallest absolute Gasteiger partial charge is 0.223 e. The minimum Gasteiger partial charge on any atom is -0.356 e. The van der Waals surface area contributed by atoms with Gasteiger partial charge in [-0.1, -0.05) is 0 Å². The van der Waals surface area contributed by atoms with Crippen LogP contribution < -0.4 is 10.6 Å². The zero-order valence-corrected chi connectivity index (χ0v) is 12.8. The van der Waals surface area contributed by atoms with Crippen molar-refractivity contribution < 1.29 is 4.79 Å². The van der Waals surface area contributed by atoms with Gasteiger partial charge < -0.3 is 15.5 Å². The number of nitrogens with zero attached hydrogens (tertiary/aromatic N) is 1. The molecule has 2 aliphatic rings. The maximum absolute atomic E-state index is 11.9. The van der Waals surface area contributed by atoms with E-state index in [0.29, 0.717) is 0 Å². The van der Waals surface area contributed by atoms with Crippen molar-refractivity contribution in [1.82, 2.24) is 15.5 Å². The summed E-state index contributed by atoms with van der Waals surface area (Å²) in [6.07, 6.45) is 5.74. The summed E-state index contributed by atoms with van der Waals surface area (Å²) in [4.78, 5) is 14.3. The molecule has 0 aromatic rings. The first kappa shape index (κ1) is 16.7. The number of rotatable bonds is 4. The van der Waals surface area contributed by atoms with Crippen LogP contribution in [-0.4, -0.2) is 50.6 Å². The fraction of sp³-hybridized carbons (Fsp3) is 0.929. The van der Waals surface area contributed by atoms with Gasteiger partial charge in [-0.15, -0.1) is 12.4 Å². The number of piperidine rings is 2.